The summed E-state index contributed by atoms with van der Waals surface area (Å²) in [6.07, 6.45) is 1.76. The first-order valence-electron chi connectivity index (χ1n) is 17.5. The highest BCUT2D eigenvalue weighted by atomic mass is 16.7. The number of nitrogens with one attached hydrogen (secondary N) is 2. The minimum Gasteiger partial charge on any atom is -0.463 e. The minimum atomic E-state index is -1.19. The van der Waals surface area contributed by atoms with Crippen molar-refractivity contribution in [2.24, 2.45) is 11.3 Å². The highest BCUT2D eigenvalue weighted by Crippen LogP contribution is 2.33. The number of hydrogen-bond acceptors (Lipinski definition) is 11. The van der Waals surface area contributed by atoms with Crippen LogP contribution in [0.25, 0.3) is 0 Å². The molecule has 0 aliphatic carbocycles. The molecule has 7 atom stereocenters. The summed E-state index contributed by atoms with van der Waals surface area (Å²) in [4.78, 5) is 74.8. The van der Waals surface area contributed by atoms with E-state index in [1.54, 1.807) is 0 Å². The summed E-state index contributed by atoms with van der Waals surface area (Å²) in [7, 11) is 0. The van der Waals surface area contributed by atoms with Crippen LogP contribution < -0.4 is 10.6 Å². The zero-order valence-electron chi connectivity index (χ0n) is 30.7. The van der Waals surface area contributed by atoms with E-state index in [-0.39, 0.29) is 36.9 Å². The molecule has 2 heterocycles. The minimum absolute atomic E-state index is 0.0854. The van der Waals surface area contributed by atoms with Crippen molar-refractivity contribution in [2.75, 3.05) is 26.3 Å². The molecule has 0 aromatic heterocycles. The van der Waals surface area contributed by atoms with Crippen LogP contribution in [0, 0.1) is 11.3 Å². The Balaban J connectivity index is 1.78. The van der Waals surface area contributed by atoms with Crippen molar-refractivity contribution < 1.29 is 52.5 Å². The van der Waals surface area contributed by atoms with Gasteiger partial charge in [-0.25, -0.2) is 0 Å². The SMILES string of the molecule is CC(=O)NC1C(OCCCCC(=O)NCCCCCC(=O)N2CC(C)C[C@H]2CC(C)(C)C)OC(COC(C)=O)C(OC(C)=O)C1OC(C)=O. The number of amides is 3. The summed E-state index contributed by atoms with van der Waals surface area (Å²) < 4.78 is 27.8. The molecule has 2 N–H and O–H groups in total. The van der Waals surface area contributed by atoms with Crippen LogP contribution in [0.1, 0.15) is 113 Å². The van der Waals surface area contributed by atoms with Gasteiger partial charge in [-0.05, 0) is 49.9 Å². The lowest BCUT2D eigenvalue weighted by Gasteiger charge is -2.44. The molecule has 14 nitrogen and oxygen atoms in total. The van der Waals surface area contributed by atoms with Gasteiger partial charge in [0.25, 0.3) is 0 Å². The molecule has 3 amide bonds. The van der Waals surface area contributed by atoms with Crippen LogP contribution in [0.5, 0.6) is 0 Å². The van der Waals surface area contributed by atoms with Gasteiger partial charge in [-0.3, -0.25) is 28.8 Å². The first-order chi connectivity index (χ1) is 23.0. The van der Waals surface area contributed by atoms with Crippen molar-refractivity contribution >= 4 is 35.6 Å². The third-order valence-electron chi connectivity index (χ3n) is 8.33. The number of unbranched alkanes of at least 4 members (excludes halogenated alkanes) is 3. The van der Waals surface area contributed by atoms with E-state index in [1.807, 2.05) is 0 Å². The van der Waals surface area contributed by atoms with Crippen LogP contribution >= 0.6 is 0 Å². The van der Waals surface area contributed by atoms with E-state index in [4.69, 9.17) is 23.7 Å². The van der Waals surface area contributed by atoms with E-state index in [0.717, 1.165) is 38.6 Å². The lowest BCUT2D eigenvalue weighted by atomic mass is 9.86. The Labute approximate surface area is 291 Å². The molecule has 2 fully saturated rings. The molecule has 6 unspecified atom stereocenters. The van der Waals surface area contributed by atoms with Gasteiger partial charge in [0.15, 0.2) is 18.5 Å². The van der Waals surface area contributed by atoms with E-state index >= 15 is 0 Å². The highest BCUT2D eigenvalue weighted by Gasteiger charge is 2.51. The molecule has 0 saturated carbocycles. The summed E-state index contributed by atoms with van der Waals surface area (Å²) in [6.45, 7) is 14.9. The Morgan fingerprint density at radius 1 is 0.837 bits per heavy atom. The summed E-state index contributed by atoms with van der Waals surface area (Å²) in [5.74, 6) is -1.76. The number of hydrogen-bond donors (Lipinski definition) is 2. The van der Waals surface area contributed by atoms with Crippen molar-refractivity contribution in [3.05, 3.63) is 0 Å². The third-order valence-corrected chi connectivity index (χ3v) is 8.33. The third kappa shape index (κ3) is 15.9. The predicted octanol–water partition coefficient (Wildman–Crippen LogP) is 3.18. The summed E-state index contributed by atoms with van der Waals surface area (Å²) in [5.41, 5.74) is 0.184. The zero-order valence-corrected chi connectivity index (χ0v) is 30.7. The second kappa shape index (κ2) is 20.4. The Bertz CT molecular complexity index is 1120. The number of carbonyl (C=O) groups excluding carboxylic acids is 6. The van der Waals surface area contributed by atoms with Crippen molar-refractivity contribution in [1.29, 1.82) is 0 Å². The van der Waals surface area contributed by atoms with Crippen LogP contribution in [0.2, 0.25) is 0 Å². The van der Waals surface area contributed by atoms with E-state index in [2.05, 4.69) is 43.2 Å². The van der Waals surface area contributed by atoms with Gasteiger partial charge in [0.05, 0.1) is 0 Å². The van der Waals surface area contributed by atoms with E-state index in [9.17, 15) is 28.8 Å². The fourth-order valence-corrected chi connectivity index (χ4v) is 6.42. The quantitative estimate of drug-likeness (QED) is 0.122. The fraction of sp³-hybridized carbons (Fsp3) is 0.829. The van der Waals surface area contributed by atoms with E-state index in [1.165, 1.54) is 27.7 Å². The molecule has 0 aromatic carbocycles. The van der Waals surface area contributed by atoms with Crippen LogP contribution in [-0.4, -0.2) is 104 Å². The number of carbonyl (C=O) groups is 6. The Kier molecular flexibility index (Phi) is 17.5. The van der Waals surface area contributed by atoms with Crippen LogP contribution in [0.3, 0.4) is 0 Å². The Hall–Kier alpha value is -3.26. The fourth-order valence-electron chi connectivity index (χ4n) is 6.42. The van der Waals surface area contributed by atoms with Gasteiger partial charge >= 0.3 is 17.9 Å². The van der Waals surface area contributed by atoms with Gasteiger partial charge in [-0.2, -0.15) is 0 Å². The molecule has 49 heavy (non-hydrogen) atoms. The van der Waals surface area contributed by atoms with Crippen molar-refractivity contribution in [3.63, 3.8) is 0 Å². The van der Waals surface area contributed by atoms with Crippen LogP contribution in [0.15, 0.2) is 0 Å². The van der Waals surface area contributed by atoms with E-state index < -0.39 is 54.5 Å². The molecular weight excluding hydrogens is 638 g/mol. The standard InChI is InChI=1S/C35H59N3O11/c1-22-18-27(19-35(6,7)8)38(20-22)30(44)15-10-9-12-16-36-29(43)14-11-13-17-45-34-31(37-23(2)39)33(48-26(5)42)32(47-25(4)41)28(49-34)21-46-24(3)40/h22,27-28,31-34H,9-21H2,1-8H3,(H,36,43)(H,37,39)/t22?,27-,28?,31?,32?,33?,34?/m0/s1. The second-order valence-corrected chi connectivity index (χ2v) is 14.5. The largest absolute Gasteiger partial charge is 0.463 e. The second-order valence-electron chi connectivity index (χ2n) is 14.5. The molecule has 0 bridgehead atoms. The molecule has 0 radical (unpaired) electrons. The molecule has 2 aliphatic rings. The highest BCUT2D eigenvalue weighted by molar-refractivity contribution is 5.77. The maximum absolute atomic E-state index is 12.9. The number of ether oxygens (including phenoxy) is 5. The van der Waals surface area contributed by atoms with E-state index in [0.29, 0.717) is 37.8 Å². The molecule has 0 spiro atoms. The van der Waals surface area contributed by atoms with Crippen LogP contribution in [0.4, 0.5) is 0 Å². The predicted molar refractivity (Wildman–Crippen MR) is 179 cm³/mol. The first kappa shape index (κ1) is 41.9. The number of nitrogens with zero attached hydrogens (tertiary/aromatic N) is 1. The zero-order chi connectivity index (χ0) is 36.7. The van der Waals surface area contributed by atoms with Crippen molar-refractivity contribution in [1.82, 2.24) is 15.5 Å². The average Bonchev–Trinajstić information content (AvgIpc) is 3.33. The Morgan fingerprint density at radius 3 is 2.10 bits per heavy atom. The number of likely N-dealkylation sites (tertiary alicyclic amines) is 1. The summed E-state index contributed by atoms with van der Waals surface area (Å²) in [6, 6.07) is -0.718. The Morgan fingerprint density at radius 2 is 1.49 bits per heavy atom. The van der Waals surface area contributed by atoms with Gasteiger partial charge in [0, 0.05) is 66.3 Å². The molecule has 0 aromatic rings. The summed E-state index contributed by atoms with van der Waals surface area (Å²) >= 11 is 0. The summed E-state index contributed by atoms with van der Waals surface area (Å²) in [5, 5.41) is 5.58. The van der Waals surface area contributed by atoms with Gasteiger partial charge in [-0.15, -0.1) is 0 Å². The van der Waals surface area contributed by atoms with Gasteiger partial charge < -0.3 is 39.2 Å². The maximum atomic E-state index is 12.9. The van der Waals surface area contributed by atoms with Crippen LogP contribution in [-0.2, 0) is 52.5 Å². The molecule has 14 heteroatoms. The van der Waals surface area contributed by atoms with Gasteiger partial charge in [-0.1, -0.05) is 34.1 Å². The molecule has 2 saturated heterocycles. The number of rotatable bonds is 18. The van der Waals surface area contributed by atoms with Crippen molar-refractivity contribution in [3.8, 4) is 0 Å². The topological polar surface area (TPSA) is 176 Å². The first-order valence-corrected chi connectivity index (χ1v) is 17.5. The number of esters is 3. The molecule has 2 aliphatic heterocycles. The lowest BCUT2D eigenvalue weighted by Crippen LogP contribution is -2.66. The maximum Gasteiger partial charge on any atom is 0.303 e. The molecule has 2 rings (SSSR count). The lowest BCUT2D eigenvalue weighted by molar-refractivity contribution is -0.277. The smallest absolute Gasteiger partial charge is 0.303 e. The molecular formula is C35H59N3O11. The molecule has 280 valence electrons. The monoisotopic (exact) mass is 697 g/mol. The average molecular weight is 698 g/mol. The normalized spacial score (nSPS) is 25.3. The van der Waals surface area contributed by atoms with Gasteiger partial charge in [0.2, 0.25) is 17.7 Å². The van der Waals surface area contributed by atoms with Gasteiger partial charge in [0.1, 0.15) is 18.8 Å². The van der Waals surface area contributed by atoms with Crippen molar-refractivity contribution in [2.45, 2.75) is 150 Å².